The van der Waals surface area contributed by atoms with Crippen molar-refractivity contribution in [2.75, 3.05) is 0 Å². The van der Waals surface area contributed by atoms with E-state index in [1.165, 1.54) is 15.3 Å². The van der Waals surface area contributed by atoms with Crippen molar-refractivity contribution in [3.05, 3.63) is 47.0 Å². The molecular formula is C19H21NOS. The zero-order valence-corrected chi connectivity index (χ0v) is 14.2. The smallest absolute Gasteiger partial charge is 0.161 e. The van der Waals surface area contributed by atoms with Crippen LogP contribution in [0.25, 0.3) is 21.3 Å². The van der Waals surface area contributed by atoms with E-state index in [4.69, 9.17) is 0 Å². The van der Waals surface area contributed by atoms with Gasteiger partial charge in [0.1, 0.15) is 0 Å². The van der Waals surface area contributed by atoms with Crippen molar-refractivity contribution in [1.29, 1.82) is 0 Å². The van der Waals surface area contributed by atoms with Crippen molar-refractivity contribution in [2.45, 2.75) is 40.2 Å². The molecule has 114 valence electrons. The average Bonchev–Trinajstić information content (AvgIpc) is 3.08. The number of aryl methyl sites for hydroxylation is 2. The molecule has 0 spiro atoms. The normalized spacial score (nSPS) is 11.2. The second-order valence-corrected chi connectivity index (χ2v) is 7.08. The fourth-order valence-corrected chi connectivity index (χ4v) is 3.70. The van der Waals surface area contributed by atoms with E-state index in [2.05, 4.69) is 48.7 Å². The first-order valence-electron chi connectivity index (χ1n) is 7.80. The Morgan fingerprint density at radius 1 is 1.23 bits per heavy atom. The van der Waals surface area contributed by atoms with E-state index in [9.17, 15) is 4.79 Å². The maximum Gasteiger partial charge on any atom is 0.161 e. The fraction of sp³-hybridized carbons (Fsp3) is 0.316. The Labute approximate surface area is 135 Å². The highest BCUT2D eigenvalue weighted by Gasteiger charge is 2.13. The van der Waals surface area contributed by atoms with Gasteiger partial charge in [-0.3, -0.25) is 4.79 Å². The van der Waals surface area contributed by atoms with Crippen LogP contribution in [0.15, 0.2) is 36.5 Å². The molecule has 2 nitrogen and oxygen atoms in total. The van der Waals surface area contributed by atoms with Crippen LogP contribution in [0, 0.1) is 6.92 Å². The van der Waals surface area contributed by atoms with Gasteiger partial charge in [-0.15, -0.1) is 11.3 Å². The van der Waals surface area contributed by atoms with Gasteiger partial charge >= 0.3 is 0 Å². The average molecular weight is 311 g/mol. The molecule has 3 aromatic rings. The van der Waals surface area contributed by atoms with Gasteiger partial charge in [0.05, 0.1) is 0 Å². The number of ketones is 1. The van der Waals surface area contributed by atoms with Crippen LogP contribution in [0.2, 0.25) is 0 Å². The molecule has 3 rings (SSSR count). The summed E-state index contributed by atoms with van der Waals surface area (Å²) in [6, 6.07) is 10.8. The first-order chi connectivity index (χ1) is 10.6. The molecule has 2 aromatic heterocycles. The van der Waals surface area contributed by atoms with Crippen LogP contribution in [-0.2, 0) is 6.54 Å². The quantitative estimate of drug-likeness (QED) is 0.555. The van der Waals surface area contributed by atoms with Crippen LogP contribution in [0.4, 0.5) is 0 Å². The van der Waals surface area contributed by atoms with Gasteiger partial charge in [-0.05, 0) is 50.1 Å². The van der Waals surface area contributed by atoms with Crippen LogP contribution < -0.4 is 0 Å². The molecule has 0 saturated heterocycles. The summed E-state index contributed by atoms with van der Waals surface area (Å²) in [6.45, 7) is 6.93. The lowest BCUT2D eigenvalue weighted by Crippen LogP contribution is -1.95. The highest BCUT2D eigenvalue weighted by atomic mass is 32.1. The van der Waals surface area contributed by atoms with Gasteiger partial charge in [0.25, 0.3) is 0 Å². The number of rotatable bonds is 5. The summed E-state index contributed by atoms with van der Waals surface area (Å²) in [5.41, 5.74) is 3.19. The standard InChI is InChI=1S/C19H21NOS/c1-4-5-10-20-12-17(14(3)21)16-11-15(7-8-18(16)20)19-9-6-13(2)22-19/h6-9,11-12H,4-5,10H2,1-3H3. The summed E-state index contributed by atoms with van der Waals surface area (Å²) < 4.78 is 2.22. The molecule has 0 atom stereocenters. The number of thiophene rings is 1. The number of Topliss-reactive ketones (excluding diaryl/α,β-unsaturated/α-hetero) is 1. The van der Waals surface area contributed by atoms with Crippen LogP contribution >= 0.6 is 11.3 Å². The molecule has 0 amide bonds. The van der Waals surface area contributed by atoms with Crippen molar-refractivity contribution in [3.63, 3.8) is 0 Å². The Bertz CT molecular complexity index is 825. The van der Waals surface area contributed by atoms with Crippen molar-refractivity contribution in [1.82, 2.24) is 4.57 Å². The molecule has 0 aliphatic heterocycles. The minimum absolute atomic E-state index is 0.139. The van der Waals surface area contributed by atoms with Gasteiger partial charge in [-0.1, -0.05) is 19.4 Å². The summed E-state index contributed by atoms with van der Waals surface area (Å²) in [5, 5.41) is 1.08. The van der Waals surface area contributed by atoms with Gasteiger partial charge in [0.2, 0.25) is 0 Å². The van der Waals surface area contributed by atoms with Gasteiger partial charge in [-0.2, -0.15) is 0 Å². The van der Waals surface area contributed by atoms with Gasteiger partial charge in [0, 0.05) is 39.0 Å². The highest BCUT2D eigenvalue weighted by molar-refractivity contribution is 7.15. The lowest BCUT2D eigenvalue weighted by Gasteiger charge is -2.04. The van der Waals surface area contributed by atoms with Crippen molar-refractivity contribution in [3.8, 4) is 10.4 Å². The summed E-state index contributed by atoms with van der Waals surface area (Å²) in [6.07, 6.45) is 4.31. The number of carbonyl (C=O) groups excluding carboxylic acids is 1. The third kappa shape index (κ3) is 2.73. The molecule has 0 radical (unpaired) electrons. The van der Waals surface area contributed by atoms with E-state index in [1.807, 2.05) is 6.20 Å². The van der Waals surface area contributed by atoms with E-state index in [0.29, 0.717) is 0 Å². The number of nitrogens with zero attached hydrogens (tertiary/aromatic N) is 1. The number of benzene rings is 1. The van der Waals surface area contributed by atoms with E-state index in [0.717, 1.165) is 35.9 Å². The minimum atomic E-state index is 0.139. The Balaban J connectivity index is 2.13. The van der Waals surface area contributed by atoms with Gasteiger partial charge in [-0.25, -0.2) is 0 Å². The minimum Gasteiger partial charge on any atom is -0.347 e. The van der Waals surface area contributed by atoms with Crippen molar-refractivity contribution in [2.24, 2.45) is 0 Å². The van der Waals surface area contributed by atoms with Crippen molar-refractivity contribution < 1.29 is 4.79 Å². The molecule has 0 saturated carbocycles. The van der Waals surface area contributed by atoms with E-state index in [-0.39, 0.29) is 5.78 Å². The van der Waals surface area contributed by atoms with Crippen LogP contribution in [0.1, 0.15) is 41.9 Å². The molecule has 0 unspecified atom stereocenters. The number of fused-ring (bicyclic) bond motifs is 1. The summed E-state index contributed by atoms with van der Waals surface area (Å²) in [4.78, 5) is 14.6. The molecule has 0 fully saturated rings. The Morgan fingerprint density at radius 2 is 2.05 bits per heavy atom. The highest BCUT2D eigenvalue weighted by Crippen LogP contribution is 2.32. The number of hydrogen-bond donors (Lipinski definition) is 0. The van der Waals surface area contributed by atoms with Crippen molar-refractivity contribution >= 4 is 28.0 Å². The monoisotopic (exact) mass is 311 g/mol. The topological polar surface area (TPSA) is 22.0 Å². The number of hydrogen-bond acceptors (Lipinski definition) is 2. The molecular weight excluding hydrogens is 290 g/mol. The predicted octanol–water partition coefficient (Wildman–Crippen LogP) is 5.68. The van der Waals surface area contributed by atoms with Crippen LogP contribution in [0.3, 0.4) is 0 Å². The molecule has 1 aromatic carbocycles. The summed E-state index contributed by atoms with van der Waals surface area (Å²) in [5.74, 6) is 0.139. The predicted molar refractivity (Wildman–Crippen MR) is 94.9 cm³/mol. The SMILES string of the molecule is CCCCn1cc(C(C)=O)c2cc(-c3ccc(C)s3)ccc21. The number of aromatic nitrogens is 1. The zero-order valence-electron chi connectivity index (χ0n) is 13.3. The Kier molecular flexibility index (Phi) is 4.16. The maximum absolute atomic E-state index is 12.0. The van der Waals surface area contributed by atoms with Gasteiger partial charge < -0.3 is 4.57 Å². The molecule has 0 N–H and O–H groups in total. The Morgan fingerprint density at radius 3 is 2.68 bits per heavy atom. The van der Waals surface area contributed by atoms with E-state index >= 15 is 0 Å². The first-order valence-corrected chi connectivity index (χ1v) is 8.62. The lowest BCUT2D eigenvalue weighted by molar-refractivity contribution is 0.101. The molecule has 0 aliphatic carbocycles. The Hall–Kier alpha value is -1.87. The number of carbonyl (C=O) groups is 1. The second-order valence-electron chi connectivity index (χ2n) is 5.79. The molecule has 22 heavy (non-hydrogen) atoms. The fourth-order valence-electron chi connectivity index (χ4n) is 2.83. The number of unbranched alkanes of at least 4 members (excludes halogenated alkanes) is 1. The maximum atomic E-state index is 12.0. The van der Waals surface area contributed by atoms with Gasteiger partial charge in [0.15, 0.2) is 5.78 Å². The molecule has 0 aliphatic rings. The second kappa shape index (κ2) is 6.09. The summed E-state index contributed by atoms with van der Waals surface area (Å²) in [7, 11) is 0. The van der Waals surface area contributed by atoms with Crippen LogP contribution in [-0.4, -0.2) is 10.4 Å². The van der Waals surface area contributed by atoms with E-state index < -0.39 is 0 Å². The van der Waals surface area contributed by atoms with E-state index in [1.54, 1.807) is 18.3 Å². The zero-order chi connectivity index (χ0) is 15.7. The third-order valence-electron chi connectivity index (χ3n) is 4.04. The first kappa shape index (κ1) is 15.0. The largest absolute Gasteiger partial charge is 0.347 e. The lowest BCUT2D eigenvalue weighted by atomic mass is 10.1. The summed E-state index contributed by atoms with van der Waals surface area (Å²) >= 11 is 1.79. The van der Waals surface area contributed by atoms with Crippen LogP contribution in [0.5, 0.6) is 0 Å². The molecule has 2 heterocycles. The molecule has 0 bridgehead atoms. The molecule has 3 heteroatoms. The third-order valence-corrected chi connectivity index (χ3v) is 5.09.